The maximum Gasteiger partial charge on any atom is 0.319 e. The number of rotatable bonds is 10. The maximum atomic E-state index is 11.5. The number of benzene rings is 2. The summed E-state index contributed by atoms with van der Waals surface area (Å²) in [4.78, 5) is 20.5. The van der Waals surface area contributed by atoms with Crippen LogP contribution in [-0.2, 0) is 21.5 Å². The number of fused-ring (bicyclic) bond motifs is 4. The van der Waals surface area contributed by atoms with Crippen molar-refractivity contribution in [1.29, 1.82) is 0 Å². The van der Waals surface area contributed by atoms with E-state index in [1.807, 2.05) is 36.4 Å². The highest BCUT2D eigenvalue weighted by molar-refractivity contribution is 5.87. The van der Waals surface area contributed by atoms with E-state index in [2.05, 4.69) is 32.2 Å². The quantitative estimate of drug-likeness (QED) is 0.333. The van der Waals surface area contributed by atoms with E-state index in [0.29, 0.717) is 6.61 Å². The summed E-state index contributed by atoms with van der Waals surface area (Å²) in [6.45, 7) is 6.32. The molecule has 3 aromatic rings. The lowest BCUT2D eigenvalue weighted by Gasteiger charge is -2.45. The molecule has 1 unspecified atom stereocenters. The first kappa shape index (κ1) is 24.6. The van der Waals surface area contributed by atoms with Crippen molar-refractivity contribution in [2.75, 3.05) is 66.6 Å². The third-order valence-corrected chi connectivity index (χ3v) is 7.62. The molecule has 1 spiro atoms. The third-order valence-electron chi connectivity index (χ3n) is 7.62. The monoisotopic (exact) mass is 492 g/mol. The lowest BCUT2D eigenvalue weighted by Crippen LogP contribution is -2.54. The minimum atomic E-state index is -0.235. The molecule has 8 heteroatoms. The fourth-order valence-corrected chi connectivity index (χ4v) is 5.77. The van der Waals surface area contributed by atoms with Crippen molar-refractivity contribution < 1.29 is 19.0 Å². The number of nitrogens with one attached hydrogen (secondary N) is 2. The Labute approximate surface area is 212 Å². The third kappa shape index (κ3) is 4.93. The summed E-state index contributed by atoms with van der Waals surface area (Å²) in [5.41, 5.74) is 3.80. The highest BCUT2D eigenvalue weighted by atomic mass is 16.5. The summed E-state index contributed by atoms with van der Waals surface area (Å²) in [5.74, 6) is 1.56. The van der Waals surface area contributed by atoms with Crippen LogP contribution in [0.15, 0.2) is 48.5 Å². The van der Waals surface area contributed by atoms with E-state index in [4.69, 9.17) is 14.2 Å². The van der Waals surface area contributed by atoms with Gasteiger partial charge >= 0.3 is 5.97 Å². The molecule has 2 aliphatic rings. The van der Waals surface area contributed by atoms with Gasteiger partial charge in [0.15, 0.2) is 0 Å². The van der Waals surface area contributed by atoms with Gasteiger partial charge in [-0.3, -0.25) is 14.6 Å². The second-order valence-electron chi connectivity index (χ2n) is 9.60. The largest absolute Gasteiger partial charge is 0.497 e. The Kier molecular flexibility index (Phi) is 7.46. The Morgan fingerprint density at radius 1 is 1.08 bits per heavy atom. The molecule has 192 valence electrons. The molecule has 0 aliphatic carbocycles. The average molecular weight is 493 g/mol. The Bertz CT molecular complexity index is 1180. The molecule has 5 rings (SSSR count). The zero-order chi connectivity index (χ0) is 25.0. The fourth-order valence-electron chi connectivity index (χ4n) is 5.77. The van der Waals surface area contributed by atoms with Gasteiger partial charge in [-0.15, -0.1) is 0 Å². The molecule has 1 atom stereocenters. The van der Waals surface area contributed by atoms with Gasteiger partial charge < -0.3 is 24.5 Å². The van der Waals surface area contributed by atoms with E-state index in [-0.39, 0.29) is 18.1 Å². The van der Waals surface area contributed by atoms with Gasteiger partial charge in [-0.05, 0) is 48.7 Å². The van der Waals surface area contributed by atoms with Crippen molar-refractivity contribution >= 4 is 16.9 Å². The van der Waals surface area contributed by atoms with Gasteiger partial charge in [0.1, 0.15) is 18.1 Å². The SMILES string of the molecule is COC(=O)CNCCN1CCc2c([nH]c3ccc(OC)cc23)C12CCN(CCOc1ccccc1)C2. The Hall–Kier alpha value is -3.07. The molecule has 3 heterocycles. The van der Waals surface area contributed by atoms with Gasteiger partial charge in [-0.2, -0.15) is 0 Å². The molecule has 8 nitrogen and oxygen atoms in total. The number of hydrogen-bond donors (Lipinski definition) is 2. The summed E-state index contributed by atoms with van der Waals surface area (Å²) < 4.78 is 16.3. The summed E-state index contributed by atoms with van der Waals surface area (Å²) in [7, 11) is 3.14. The molecule has 1 aromatic heterocycles. The summed E-state index contributed by atoms with van der Waals surface area (Å²) >= 11 is 0. The number of nitrogens with zero attached hydrogens (tertiary/aromatic N) is 2. The summed E-state index contributed by atoms with van der Waals surface area (Å²) in [6.07, 6.45) is 2.03. The molecule has 2 aliphatic heterocycles. The van der Waals surface area contributed by atoms with Crippen LogP contribution in [0.1, 0.15) is 17.7 Å². The van der Waals surface area contributed by atoms with Crippen molar-refractivity contribution in [1.82, 2.24) is 20.1 Å². The molecule has 0 saturated carbocycles. The van der Waals surface area contributed by atoms with Crippen LogP contribution >= 0.6 is 0 Å². The molecule has 0 bridgehead atoms. The molecular formula is C28H36N4O4. The number of aromatic amines is 1. The lowest BCUT2D eigenvalue weighted by molar-refractivity contribution is -0.139. The lowest BCUT2D eigenvalue weighted by atomic mass is 9.84. The minimum Gasteiger partial charge on any atom is -0.497 e. The topological polar surface area (TPSA) is 79.1 Å². The van der Waals surface area contributed by atoms with Crippen LogP contribution in [0.3, 0.4) is 0 Å². The number of para-hydroxylation sites is 1. The van der Waals surface area contributed by atoms with Gasteiger partial charge in [-0.1, -0.05) is 18.2 Å². The van der Waals surface area contributed by atoms with E-state index >= 15 is 0 Å². The van der Waals surface area contributed by atoms with E-state index in [1.54, 1.807) is 7.11 Å². The van der Waals surface area contributed by atoms with Crippen LogP contribution in [0.2, 0.25) is 0 Å². The van der Waals surface area contributed by atoms with Crippen molar-refractivity contribution in [3.05, 3.63) is 59.8 Å². The number of ether oxygens (including phenoxy) is 3. The van der Waals surface area contributed by atoms with Crippen molar-refractivity contribution in [3.8, 4) is 11.5 Å². The Morgan fingerprint density at radius 2 is 1.94 bits per heavy atom. The standard InChI is InChI=1S/C28H36N4O4/c1-34-22-8-9-25-24(18-22)23-10-13-32(15-12-29-19-26(33)35-2)28(27(23)30-25)11-14-31(20-28)16-17-36-21-6-4-3-5-7-21/h3-9,18,29-30H,10-17,19-20H2,1-2H3. The number of H-pyrrole nitrogens is 1. The van der Waals surface area contributed by atoms with Crippen LogP contribution < -0.4 is 14.8 Å². The highest BCUT2D eigenvalue weighted by Gasteiger charge is 2.48. The normalized spacial score (nSPS) is 20.1. The first-order chi connectivity index (χ1) is 17.6. The van der Waals surface area contributed by atoms with Gasteiger partial charge in [0, 0.05) is 55.9 Å². The van der Waals surface area contributed by atoms with E-state index in [0.717, 1.165) is 69.1 Å². The first-order valence-corrected chi connectivity index (χ1v) is 12.7. The van der Waals surface area contributed by atoms with Crippen LogP contribution in [0.5, 0.6) is 11.5 Å². The smallest absolute Gasteiger partial charge is 0.319 e. The number of carbonyl (C=O) groups is 1. The van der Waals surface area contributed by atoms with Crippen LogP contribution in [0.25, 0.3) is 10.9 Å². The van der Waals surface area contributed by atoms with E-state index < -0.39 is 0 Å². The number of esters is 1. The first-order valence-electron chi connectivity index (χ1n) is 12.7. The summed E-state index contributed by atoms with van der Waals surface area (Å²) in [6, 6.07) is 16.3. The molecular weight excluding hydrogens is 456 g/mol. The predicted molar refractivity (Wildman–Crippen MR) is 140 cm³/mol. The molecule has 0 amide bonds. The van der Waals surface area contributed by atoms with Gasteiger partial charge in [-0.25, -0.2) is 0 Å². The van der Waals surface area contributed by atoms with Crippen LogP contribution in [0.4, 0.5) is 0 Å². The van der Waals surface area contributed by atoms with E-state index in [1.165, 1.54) is 23.8 Å². The Morgan fingerprint density at radius 3 is 2.75 bits per heavy atom. The number of carbonyl (C=O) groups excluding carboxylic acids is 1. The molecule has 2 aromatic carbocycles. The maximum absolute atomic E-state index is 11.5. The highest BCUT2D eigenvalue weighted by Crippen LogP contribution is 2.44. The number of likely N-dealkylation sites (tertiary alicyclic amines) is 1. The van der Waals surface area contributed by atoms with Crippen molar-refractivity contribution in [3.63, 3.8) is 0 Å². The fraction of sp³-hybridized carbons (Fsp3) is 0.464. The number of methoxy groups -OCH3 is 2. The molecule has 0 radical (unpaired) electrons. The second-order valence-corrected chi connectivity index (χ2v) is 9.60. The Balaban J connectivity index is 1.35. The zero-order valence-corrected chi connectivity index (χ0v) is 21.2. The van der Waals surface area contributed by atoms with E-state index in [9.17, 15) is 4.79 Å². The molecule has 2 N–H and O–H groups in total. The zero-order valence-electron chi connectivity index (χ0n) is 21.2. The number of aromatic nitrogens is 1. The molecule has 1 fully saturated rings. The van der Waals surface area contributed by atoms with Gasteiger partial charge in [0.05, 0.1) is 26.3 Å². The molecule has 36 heavy (non-hydrogen) atoms. The van der Waals surface area contributed by atoms with Crippen molar-refractivity contribution in [2.45, 2.75) is 18.4 Å². The minimum absolute atomic E-state index is 0.0977. The van der Waals surface area contributed by atoms with Crippen LogP contribution in [-0.4, -0.2) is 87.4 Å². The van der Waals surface area contributed by atoms with Gasteiger partial charge in [0.2, 0.25) is 0 Å². The van der Waals surface area contributed by atoms with Gasteiger partial charge in [0.25, 0.3) is 0 Å². The predicted octanol–water partition coefficient (Wildman–Crippen LogP) is 2.78. The second kappa shape index (κ2) is 10.9. The molecule has 1 saturated heterocycles. The summed E-state index contributed by atoms with van der Waals surface area (Å²) in [5, 5.41) is 4.50. The van der Waals surface area contributed by atoms with Crippen molar-refractivity contribution in [2.24, 2.45) is 0 Å². The average Bonchev–Trinajstić information content (AvgIpc) is 3.50. The van der Waals surface area contributed by atoms with Crippen LogP contribution in [0, 0.1) is 0 Å². The number of hydrogen-bond acceptors (Lipinski definition) is 7.